The summed E-state index contributed by atoms with van der Waals surface area (Å²) in [5.74, 6) is 0. The highest BCUT2D eigenvalue weighted by molar-refractivity contribution is 14.1. The first-order chi connectivity index (χ1) is 2.77. The lowest BCUT2D eigenvalue weighted by atomic mass is 10.7. The van der Waals surface area contributed by atoms with Gasteiger partial charge in [-0.2, -0.15) is 0 Å². The van der Waals surface area contributed by atoms with Crippen molar-refractivity contribution in [2.24, 2.45) is 0 Å². The molecule has 1 nitrogen and oxygen atoms in total. The van der Waals surface area contributed by atoms with Crippen molar-refractivity contribution in [1.82, 2.24) is 0 Å². The summed E-state index contributed by atoms with van der Waals surface area (Å²) in [6.45, 7) is 0. The number of alkyl halides is 1. The van der Waals surface area contributed by atoms with Crippen molar-refractivity contribution in [3.05, 3.63) is 10.2 Å². The third-order valence-corrected chi connectivity index (χ3v) is 1.06. The Balaban J connectivity index is 3.03. The van der Waals surface area contributed by atoms with Gasteiger partial charge in [0.2, 0.25) is 0 Å². The molecule has 6 heavy (non-hydrogen) atoms. The summed E-state index contributed by atoms with van der Waals surface area (Å²) >= 11 is 3.96. The Bertz CT molecular complexity index is 50.8. The van der Waals surface area contributed by atoms with Gasteiger partial charge in [0.25, 0.3) is 0 Å². The van der Waals surface area contributed by atoms with Crippen molar-refractivity contribution in [2.45, 2.75) is 4.11 Å². The maximum Gasteiger partial charge on any atom is 0.124 e. The zero-order valence-corrected chi connectivity index (χ0v) is 7.25. The van der Waals surface area contributed by atoms with E-state index >= 15 is 0 Å². The molecule has 0 aliphatic heterocycles. The first kappa shape index (κ1) is 7.16. The molecule has 0 aliphatic carbocycles. The molecular weight excluding hydrogens is 306 g/mol. The molecule has 0 heterocycles. The van der Waals surface area contributed by atoms with Crippen molar-refractivity contribution in [3.8, 4) is 0 Å². The van der Waals surface area contributed by atoms with Gasteiger partial charge >= 0.3 is 0 Å². The smallest absolute Gasteiger partial charge is 0.124 e. The van der Waals surface area contributed by atoms with E-state index in [1.807, 2.05) is 22.6 Å². The van der Waals surface area contributed by atoms with Crippen LogP contribution < -0.4 is 0 Å². The fourth-order valence-corrected chi connectivity index (χ4v) is 1.46. The molecule has 0 radical (unpaired) electrons. The molecule has 0 aromatic rings. The molecule has 0 rings (SSSR count). The number of aliphatic hydroxyl groups is 1. The van der Waals surface area contributed by atoms with Crippen LogP contribution in [0, 0.1) is 0 Å². The molecule has 3 heteroatoms. The lowest BCUT2D eigenvalue weighted by molar-refractivity contribution is 0.325. The highest BCUT2D eigenvalue weighted by Crippen LogP contribution is 1.97. The largest absolute Gasteiger partial charge is 0.379 e. The van der Waals surface area contributed by atoms with Crippen LogP contribution in [0.4, 0.5) is 0 Å². The van der Waals surface area contributed by atoms with E-state index in [9.17, 15) is 0 Å². The molecule has 0 saturated heterocycles. The molecule has 0 bridgehead atoms. The quantitative estimate of drug-likeness (QED) is 0.577. The van der Waals surface area contributed by atoms with Crippen LogP contribution in [0.3, 0.4) is 0 Å². The van der Waals surface area contributed by atoms with Crippen molar-refractivity contribution >= 4 is 45.2 Å². The Morgan fingerprint density at radius 2 is 2.17 bits per heavy atom. The number of aliphatic hydroxyl groups excluding tert-OH is 1. The third kappa shape index (κ3) is 5.16. The Hall–Kier alpha value is 1.16. The molecule has 0 aromatic heterocycles. The van der Waals surface area contributed by atoms with Gasteiger partial charge in [0.05, 0.1) is 0 Å². The Morgan fingerprint density at radius 1 is 1.67 bits per heavy atom. The maximum atomic E-state index is 8.45. The van der Waals surface area contributed by atoms with Gasteiger partial charge < -0.3 is 5.11 Å². The molecule has 0 spiro atoms. The highest BCUT2D eigenvalue weighted by Gasteiger charge is 1.81. The summed E-state index contributed by atoms with van der Waals surface area (Å²) in [6, 6.07) is 0. The van der Waals surface area contributed by atoms with Crippen molar-refractivity contribution < 1.29 is 5.11 Å². The van der Waals surface area contributed by atoms with Gasteiger partial charge in [-0.05, 0) is 32.7 Å². The maximum absolute atomic E-state index is 8.45. The lowest BCUT2D eigenvalue weighted by Crippen LogP contribution is -1.82. The average Bonchev–Trinajstić information content (AvgIpc) is 1.35. The van der Waals surface area contributed by atoms with Crippen LogP contribution in [0.25, 0.3) is 0 Å². The molecule has 0 fully saturated rings. The second-order valence-corrected chi connectivity index (χ2v) is 2.69. The third-order valence-electron chi connectivity index (χ3n) is 0.232. The van der Waals surface area contributed by atoms with Crippen LogP contribution >= 0.6 is 45.2 Å². The normalized spacial score (nSPS) is 15.8. The number of hydrogen-bond donors (Lipinski definition) is 1. The van der Waals surface area contributed by atoms with Gasteiger partial charge in [-0.1, -0.05) is 22.6 Å². The van der Waals surface area contributed by atoms with Crippen LogP contribution in [0.2, 0.25) is 0 Å². The molecule has 0 aromatic carbocycles. The van der Waals surface area contributed by atoms with Crippen molar-refractivity contribution in [1.29, 1.82) is 0 Å². The minimum absolute atomic E-state index is 0.320. The predicted molar refractivity (Wildman–Crippen MR) is 43.2 cm³/mol. The predicted octanol–water partition coefficient (Wildman–Crippen LogP) is 1.69. The van der Waals surface area contributed by atoms with E-state index in [0.29, 0.717) is 0 Å². The number of hydrogen-bond acceptors (Lipinski definition) is 1. The van der Waals surface area contributed by atoms with Crippen LogP contribution in [0.1, 0.15) is 0 Å². The molecule has 36 valence electrons. The van der Waals surface area contributed by atoms with Gasteiger partial charge in [-0.3, -0.25) is 0 Å². The standard InChI is InChI=1S/C3H4I2O/c4-2-1-3(5)6/h1-3,6H. The SMILES string of the molecule is OC(I)C=CI. The molecule has 1 N–H and O–H groups in total. The van der Waals surface area contributed by atoms with Crippen LogP contribution in [0.15, 0.2) is 10.2 Å². The van der Waals surface area contributed by atoms with Crippen LogP contribution in [-0.4, -0.2) is 9.22 Å². The van der Waals surface area contributed by atoms with E-state index in [2.05, 4.69) is 22.6 Å². The minimum atomic E-state index is -0.320. The van der Waals surface area contributed by atoms with E-state index in [-0.39, 0.29) is 4.11 Å². The number of rotatable bonds is 1. The van der Waals surface area contributed by atoms with Crippen molar-refractivity contribution in [3.63, 3.8) is 0 Å². The molecular formula is C3H4I2O. The second-order valence-electron chi connectivity index (χ2n) is 0.691. The van der Waals surface area contributed by atoms with Crippen LogP contribution in [-0.2, 0) is 0 Å². The monoisotopic (exact) mass is 310 g/mol. The average molecular weight is 310 g/mol. The molecule has 0 amide bonds. The number of halogens is 2. The van der Waals surface area contributed by atoms with Crippen LogP contribution in [0.5, 0.6) is 0 Å². The highest BCUT2D eigenvalue weighted by atomic mass is 127. The van der Waals surface area contributed by atoms with Gasteiger partial charge in [0.1, 0.15) is 4.11 Å². The van der Waals surface area contributed by atoms with Crippen molar-refractivity contribution in [2.75, 3.05) is 0 Å². The van der Waals surface area contributed by atoms with E-state index < -0.39 is 0 Å². The Labute approximate surface area is 64.1 Å². The first-order valence-corrected chi connectivity index (χ1v) is 3.85. The lowest BCUT2D eigenvalue weighted by Gasteiger charge is -1.84. The summed E-state index contributed by atoms with van der Waals surface area (Å²) < 4.78 is 1.47. The molecule has 0 saturated carbocycles. The van der Waals surface area contributed by atoms with E-state index in [1.54, 1.807) is 10.2 Å². The zero-order chi connectivity index (χ0) is 4.99. The first-order valence-electron chi connectivity index (χ1n) is 1.36. The zero-order valence-electron chi connectivity index (χ0n) is 2.94. The fourth-order valence-electron chi connectivity index (χ4n) is 0.0600. The summed E-state index contributed by atoms with van der Waals surface area (Å²) in [5, 5.41) is 8.45. The minimum Gasteiger partial charge on any atom is -0.379 e. The fraction of sp³-hybridized carbons (Fsp3) is 0.333. The topological polar surface area (TPSA) is 20.2 Å². The Kier molecular flexibility index (Phi) is 5.16. The summed E-state index contributed by atoms with van der Waals surface area (Å²) in [7, 11) is 0. The summed E-state index contributed by atoms with van der Waals surface area (Å²) in [5.41, 5.74) is 0. The molecule has 1 atom stereocenters. The molecule has 0 aliphatic rings. The van der Waals surface area contributed by atoms with E-state index in [0.717, 1.165) is 0 Å². The van der Waals surface area contributed by atoms with Gasteiger partial charge in [0, 0.05) is 0 Å². The summed E-state index contributed by atoms with van der Waals surface area (Å²) in [4.78, 5) is 0. The Morgan fingerprint density at radius 3 is 2.17 bits per heavy atom. The summed E-state index contributed by atoms with van der Waals surface area (Å²) in [6.07, 6.45) is 1.70. The molecule has 1 unspecified atom stereocenters. The second kappa shape index (κ2) is 4.32. The van der Waals surface area contributed by atoms with E-state index in [1.165, 1.54) is 0 Å². The van der Waals surface area contributed by atoms with E-state index in [4.69, 9.17) is 5.11 Å². The van der Waals surface area contributed by atoms with Gasteiger partial charge in [0.15, 0.2) is 0 Å². The van der Waals surface area contributed by atoms with Gasteiger partial charge in [-0.15, -0.1) is 0 Å². The van der Waals surface area contributed by atoms with Gasteiger partial charge in [-0.25, -0.2) is 0 Å².